The lowest BCUT2D eigenvalue weighted by molar-refractivity contribution is 0.322. The van der Waals surface area contributed by atoms with Gasteiger partial charge in [0.15, 0.2) is 0 Å². The van der Waals surface area contributed by atoms with Crippen LogP contribution in [0.15, 0.2) is 16.6 Å². The van der Waals surface area contributed by atoms with E-state index in [2.05, 4.69) is 20.7 Å². The molecule has 1 fully saturated rings. The first-order valence-corrected chi connectivity index (χ1v) is 8.62. The number of benzene rings is 1. The molecule has 1 aliphatic carbocycles. The number of nitrogens with one attached hydrogen (secondary N) is 1. The molecular formula is C13H18BrNO3S. The third-order valence-electron chi connectivity index (χ3n) is 3.05. The largest absolute Gasteiger partial charge is 0.492 e. The molecule has 1 aromatic rings. The highest BCUT2D eigenvalue weighted by molar-refractivity contribution is 9.10. The molecule has 4 nitrogen and oxygen atoms in total. The molecule has 0 unspecified atom stereocenters. The predicted molar refractivity (Wildman–Crippen MR) is 79.1 cm³/mol. The predicted octanol–water partition coefficient (Wildman–Crippen LogP) is 2.53. The van der Waals surface area contributed by atoms with Crippen molar-refractivity contribution in [2.75, 3.05) is 13.2 Å². The van der Waals surface area contributed by atoms with Crippen LogP contribution in [0.5, 0.6) is 5.75 Å². The van der Waals surface area contributed by atoms with Crippen LogP contribution in [0, 0.1) is 13.8 Å². The summed E-state index contributed by atoms with van der Waals surface area (Å²) in [4.78, 5) is 0. The molecular weight excluding hydrogens is 330 g/mol. The summed E-state index contributed by atoms with van der Waals surface area (Å²) in [5, 5.41) is -0.176. The smallest absolute Gasteiger partial charge is 0.214 e. The molecule has 0 heterocycles. The van der Waals surface area contributed by atoms with Gasteiger partial charge in [0.1, 0.15) is 12.4 Å². The molecule has 0 radical (unpaired) electrons. The van der Waals surface area contributed by atoms with E-state index < -0.39 is 10.0 Å². The first kappa shape index (κ1) is 14.8. The molecule has 1 saturated carbocycles. The van der Waals surface area contributed by atoms with Crippen molar-refractivity contribution in [3.8, 4) is 5.75 Å². The van der Waals surface area contributed by atoms with Crippen LogP contribution in [0.1, 0.15) is 24.0 Å². The Morgan fingerprint density at radius 2 is 1.89 bits per heavy atom. The molecule has 6 heteroatoms. The minimum Gasteiger partial charge on any atom is -0.492 e. The summed E-state index contributed by atoms with van der Waals surface area (Å²) >= 11 is 3.50. The van der Waals surface area contributed by atoms with Crippen LogP contribution < -0.4 is 9.46 Å². The van der Waals surface area contributed by atoms with Gasteiger partial charge in [-0.25, -0.2) is 13.1 Å². The van der Waals surface area contributed by atoms with Gasteiger partial charge in [0.25, 0.3) is 0 Å². The zero-order chi connectivity index (χ0) is 14.0. The lowest BCUT2D eigenvalue weighted by atomic mass is 10.1. The van der Waals surface area contributed by atoms with E-state index in [0.29, 0.717) is 13.2 Å². The second-order valence-electron chi connectivity index (χ2n) is 4.86. The Bertz CT molecular complexity index is 544. The Kier molecular flexibility index (Phi) is 4.53. The second-order valence-corrected chi connectivity index (χ2v) is 7.70. The van der Waals surface area contributed by atoms with E-state index in [4.69, 9.17) is 4.74 Å². The van der Waals surface area contributed by atoms with Gasteiger partial charge in [-0.3, -0.25) is 0 Å². The van der Waals surface area contributed by atoms with Crippen LogP contribution in [0.3, 0.4) is 0 Å². The summed E-state index contributed by atoms with van der Waals surface area (Å²) in [7, 11) is -3.10. The van der Waals surface area contributed by atoms with Crippen molar-refractivity contribution in [1.82, 2.24) is 4.72 Å². The monoisotopic (exact) mass is 347 g/mol. The number of rotatable bonds is 6. The lowest BCUT2D eigenvalue weighted by Gasteiger charge is -2.10. The third-order valence-corrected chi connectivity index (χ3v) is 6.25. The van der Waals surface area contributed by atoms with Gasteiger partial charge >= 0.3 is 0 Å². The average Bonchev–Trinajstić information content (AvgIpc) is 3.16. The van der Waals surface area contributed by atoms with Crippen LogP contribution in [0.2, 0.25) is 0 Å². The zero-order valence-electron chi connectivity index (χ0n) is 11.1. The second kappa shape index (κ2) is 5.81. The molecule has 0 bridgehead atoms. The summed E-state index contributed by atoms with van der Waals surface area (Å²) in [6.07, 6.45) is 1.56. The Hall–Kier alpha value is -0.590. The minimum atomic E-state index is -3.10. The number of halogens is 1. The van der Waals surface area contributed by atoms with Gasteiger partial charge in [-0.1, -0.05) is 15.9 Å². The van der Waals surface area contributed by atoms with E-state index in [9.17, 15) is 8.42 Å². The van der Waals surface area contributed by atoms with Gasteiger partial charge in [0, 0.05) is 11.0 Å². The topological polar surface area (TPSA) is 55.4 Å². The highest BCUT2D eigenvalue weighted by atomic mass is 79.9. The summed E-state index contributed by atoms with van der Waals surface area (Å²) in [5.74, 6) is 0.767. The normalized spacial score (nSPS) is 15.5. The van der Waals surface area contributed by atoms with E-state index >= 15 is 0 Å². The van der Waals surface area contributed by atoms with Crippen molar-refractivity contribution < 1.29 is 13.2 Å². The van der Waals surface area contributed by atoms with Gasteiger partial charge in [-0.15, -0.1) is 0 Å². The zero-order valence-corrected chi connectivity index (χ0v) is 13.5. The van der Waals surface area contributed by atoms with E-state index in [0.717, 1.165) is 34.2 Å². The summed E-state index contributed by atoms with van der Waals surface area (Å²) < 4.78 is 32.4. The van der Waals surface area contributed by atoms with Gasteiger partial charge in [-0.2, -0.15) is 0 Å². The van der Waals surface area contributed by atoms with Crippen LogP contribution in [-0.4, -0.2) is 26.8 Å². The third kappa shape index (κ3) is 3.94. The molecule has 0 atom stereocenters. The maximum Gasteiger partial charge on any atom is 0.214 e. The number of hydrogen-bond donors (Lipinski definition) is 1. The number of sulfonamides is 1. The van der Waals surface area contributed by atoms with Crippen LogP contribution in [-0.2, 0) is 10.0 Å². The fourth-order valence-corrected chi connectivity index (χ4v) is 3.43. The number of hydrogen-bond acceptors (Lipinski definition) is 3. The molecule has 0 saturated heterocycles. The fraction of sp³-hybridized carbons (Fsp3) is 0.538. The Morgan fingerprint density at radius 3 is 2.42 bits per heavy atom. The number of ether oxygens (including phenoxy) is 1. The van der Waals surface area contributed by atoms with Crippen molar-refractivity contribution >= 4 is 26.0 Å². The molecule has 0 spiro atoms. The van der Waals surface area contributed by atoms with E-state index in [1.54, 1.807) is 0 Å². The molecule has 19 heavy (non-hydrogen) atoms. The van der Waals surface area contributed by atoms with Gasteiger partial charge in [0.05, 0.1) is 5.25 Å². The quantitative estimate of drug-likeness (QED) is 0.804. The highest BCUT2D eigenvalue weighted by Gasteiger charge is 2.35. The highest BCUT2D eigenvalue weighted by Crippen LogP contribution is 2.27. The van der Waals surface area contributed by atoms with Crippen molar-refractivity contribution in [3.05, 3.63) is 27.7 Å². The first-order chi connectivity index (χ1) is 8.90. The maximum absolute atomic E-state index is 11.6. The maximum atomic E-state index is 11.6. The van der Waals surface area contributed by atoms with Crippen molar-refractivity contribution in [2.45, 2.75) is 31.9 Å². The molecule has 0 aliphatic heterocycles. The van der Waals surface area contributed by atoms with Gasteiger partial charge < -0.3 is 4.74 Å². The Morgan fingerprint density at radius 1 is 1.32 bits per heavy atom. The van der Waals surface area contributed by atoms with Crippen molar-refractivity contribution in [1.29, 1.82) is 0 Å². The SMILES string of the molecule is Cc1cc(OCCNS(=O)(=O)C2CC2)cc(C)c1Br. The van der Waals surface area contributed by atoms with E-state index in [1.807, 2.05) is 26.0 Å². The summed E-state index contributed by atoms with van der Waals surface area (Å²) in [6.45, 7) is 4.65. The number of aryl methyl sites for hydroxylation is 2. The fourth-order valence-electron chi connectivity index (χ4n) is 1.84. The van der Waals surface area contributed by atoms with Crippen LogP contribution in [0.4, 0.5) is 0 Å². The van der Waals surface area contributed by atoms with Gasteiger partial charge in [-0.05, 0) is 49.9 Å². The summed E-state index contributed by atoms with van der Waals surface area (Å²) in [5.41, 5.74) is 2.21. The van der Waals surface area contributed by atoms with E-state index in [1.165, 1.54) is 0 Å². The molecule has 2 rings (SSSR count). The molecule has 106 valence electrons. The first-order valence-electron chi connectivity index (χ1n) is 6.28. The molecule has 1 aliphatic rings. The molecule has 0 aromatic heterocycles. The van der Waals surface area contributed by atoms with Crippen LogP contribution >= 0.6 is 15.9 Å². The van der Waals surface area contributed by atoms with Crippen LogP contribution in [0.25, 0.3) is 0 Å². The molecule has 1 N–H and O–H groups in total. The van der Waals surface area contributed by atoms with E-state index in [-0.39, 0.29) is 5.25 Å². The molecule has 0 amide bonds. The Balaban J connectivity index is 1.83. The van der Waals surface area contributed by atoms with Gasteiger partial charge in [0.2, 0.25) is 10.0 Å². The molecule has 1 aromatic carbocycles. The standard InChI is InChI=1S/C13H18BrNO3S/c1-9-7-11(8-10(2)13(9)14)18-6-5-15-19(16,17)12-3-4-12/h7-8,12,15H,3-6H2,1-2H3. The average molecular weight is 348 g/mol. The Labute approximate surface area is 122 Å². The van der Waals surface area contributed by atoms with Crippen molar-refractivity contribution in [3.63, 3.8) is 0 Å². The minimum absolute atomic E-state index is 0.176. The summed E-state index contributed by atoms with van der Waals surface area (Å²) in [6, 6.07) is 3.87. The van der Waals surface area contributed by atoms with Crippen molar-refractivity contribution in [2.24, 2.45) is 0 Å². The lowest BCUT2D eigenvalue weighted by Crippen LogP contribution is -2.31.